The first-order valence-corrected chi connectivity index (χ1v) is 8.67. The lowest BCUT2D eigenvalue weighted by molar-refractivity contribution is -0.142. The molecular weight excluding hydrogens is 361 g/mol. The van der Waals surface area contributed by atoms with Gasteiger partial charge in [0.25, 0.3) is 0 Å². The Balaban J connectivity index is 1.53. The van der Waals surface area contributed by atoms with E-state index in [2.05, 4.69) is 4.90 Å². The van der Waals surface area contributed by atoms with Gasteiger partial charge in [0.15, 0.2) is 0 Å². The van der Waals surface area contributed by atoms with Gasteiger partial charge in [-0.25, -0.2) is 0 Å². The number of piperazine rings is 1. The number of anilines is 1. The molecule has 0 radical (unpaired) electrons. The zero-order valence-corrected chi connectivity index (χ0v) is 15.0. The van der Waals surface area contributed by atoms with Crippen LogP contribution in [-0.2, 0) is 28.9 Å². The Morgan fingerprint density at radius 3 is 2.48 bits per heavy atom. The van der Waals surface area contributed by atoms with Crippen molar-refractivity contribution in [1.82, 2.24) is 4.90 Å². The second-order valence-corrected chi connectivity index (χ2v) is 6.46. The third kappa shape index (κ3) is 5.26. The van der Waals surface area contributed by atoms with Crippen LogP contribution >= 0.6 is 0 Å². The summed E-state index contributed by atoms with van der Waals surface area (Å²) in [6, 6.07) is 9.06. The number of rotatable bonds is 5. The molecule has 146 valence electrons. The Kier molecular flexibility index (Phi) is 5.74. The molecule has 0 amide bonds. The van der Waals surface area contributed by atoms with Gasteiger partial charge < -0.3 is 14.1 Å². The molecule has 1 fully saturated rings. The van der Waals surface area contributed by atoms with Crippen molar-refractivity contribution in [3.05, 3.63) is 53.5 Å². The molecule has 1 aliphatic rings. The van der Waals surface area contributed by atoms with Gasteiger partial charge in [-0.1, -0.05) is 6.07 Å². The SMILES string of the molecule is CC(=O)OCc1ccc(CN2CCN(c3cccc(C(F)(F)F)c3)CC2)o1. The number of hydrogen-bond acceptors (Lipinski definition) is 5. The molecule has 1 saturated heterocycles. The third-order valence-corrected chi connectivity index (χ3v) is 4.43. The fraction of sp³-hybridized carbons (Fsp3) is 0.421. The summed E-state index contributed by atoms with van der Waals surface area (Å²) in [6.45, 7) is 4.78. The molecule has 0 spiro atoms. The van der Waals surface area contributed by atoms with E-state index in [1.165, 1.54) is 19.1 Å². The molecule has 8 heteroatoms. The summed E-state index contributed by atoms with van der Waals surface area (Å²) in [5.74, 6) is 0.992. The van der Waals surface area contributed by atoms with Crippen LogP contribution in [0.3, 0.4) is 0 Å². The van der Waals surface area contributed by atoms with E-state index < -0.39 is 11.7 Å². The molecule has 0 unspecified atom stereocenters. The minimum atomic E-state index is -4.33. The quantitative estimate of drug-likeness (QED) is 0.739. The standard InChI is InChI=1S/C19H21F3N2O3/c1-14(25)26-13-18-6-5-17(27-18)12-23-7-9-24(10-8-23)16-4-2-3-15(11-16)19(20,21)22/h2-6,11H,7-10,12-13H2,1H3. The van der Waals surface area contributed by atoms with Crippen molar-refractivity contribution in [3.63, 3.8) is 0 Å². The van der Waals surface area contributed by atoms with Crippen LogP contribution < -0.4 is 4.90 Å². The number of esters is 1. The van der Waals surface area contributed by atoms with Crippen LogP contribution in [0.2, 0.25) is 0 Å². The summed E-state index contributed by atoms with van der Waals surface area (Å²) < 4.78 is 49.2. The molecule has 1 aromatic heterocycles. The van der Waals surface area contributed by atoms with Gasteiger partial charge in [0.05, 0.1) is 12.1 Å². The maximum atomic E-state index is 12.9. The number of nitrogens with zero attached hydrogens (tertiary/aromatic N) is 2. The van der Waals surface area contributed by atoms with Gasteiger partial charge in [-0.2, -0.15) is 13.2 Å². The van der Waals surface area contributed by atoms with E-state index in [1.54, 1.807) is 12.1 Å². The highest BCUT2D eigenvalue weighted by atomic mass is 19.4. The molecule has 0 bridgehead atoms. The normalized spacial score (nSPS) is 15.8. The Labute approximate surface area is 155 Å². The van der Waals surface area contributed by atoms with Gasteiger partial charge in [0, 0.05) is 38.8 Å². The highest BCUT2D eigenvalue weighted by Crippen LogP contribution is 2.32. The molecular formula is C19H21F3N2O3. The molecule has 1 aromatic carbocycles. The minimum Gasteiger partial charge on any atom is -0.461 e. The maximum absolute atomic E-state index is 12.9. The number of ether oxygens (including phenoxy) is 1. The molecule has 0 N–H and O–H groups in total. The predicted molar refractivity (Wildman–Crippen MR) is 93.1 cm³/mol. The number of carbonyl (C=O) groups excluding carboxylic acids is 1. The average molecular weight is 382 g/mol. The van der Waals surface area contributed by atoms with E-state index in [9.17, 15) is 18.0 Å². The largest absolute Gasteiger partial charge is 0.461 e. The van der Waals surface area contributed by atoms with Crippen molar-refractivity contribution >= 4 is 11.7 Å². The van der Waals surface area contributed by atoms with Crippen molar-refractivity contribution in [2.75, 3.05) is 31.1 Å². The Bertz CT molecular complexity index is 781. The lowest BCUT2D eigenvalue weighted by Crippen LogP contribution is -2.46. The van der Waals surface area contributed by atoms with Crippen LogP contribution in [0.5, 0.6) is 0 Å². The molecule has 5 nitrogen and oxygen atoms in total. The van der Waals surface area contributed by atoms with E-state index in [-0.39, 0.29) is 12.6 Å². The Hall–Kier alpha value is -2.48. The highest BCUT2D eigenvalue weighted by Gasteiger charge is 2.31. The second-order valence-electron chi connectivity index (χ2n) is 6.46. The van der Waals surface area contributed by atoms with Crippen LogP contribution in [0, 0.1) is 0 Å². The molecule has 2 aromatic rings. The molecule has 0 saturated carbocycles. The number of alkyl halides is 3. The number of hydrogen-bond donors (Lipinski definition) is 0. The van der Waals surface area contributed by atoms with Crippen molar-refractivity contribution in [1.29, 1.82) is 0 Å². The van der Waals surface area contributed by atoms with Gasteiger partial charge in [0.2, 0.25) is 0 Å². The number of furan rings is 1. The average Bonchev–Trinajstić information content (AvgIpc) is 3.07. The van der Waals surface area contributed by atoms with E-state index in [0.717, 1.165) is 24.9 Å². The summed E-state index contributed by atoms with van der Waals surface area (Å²) in [7, 11) is 0. The highest BCUT2D eigenvalue weighted by molar-refractivity contribution is 5.65. The van der Waals surface area contributed by atoms with Crippen molar-refractivity contribution < 1.29 is 27.1 Å². The van der Waals surface area contributed by atoms with Gasteiger partial charge in [-0.3, -0.25) is 9.69 Å². The maximum Gasteiger partial charge on any atom is 0.416 e. The molecule has 0 atom stereocenters. The van der Waals surface area contributed by atoms with E-state index in [1.807, 2.05) is 11.0 Å². The Morgan fingerprint density at radius 1 is 1.11 bits per heavy atom. The van der Waals surface area contributed by atoms with Crippen LogP contribution in [-0.4, -0.2) is 37.0 Å². The number of carbonyl (C=O) groups is 1. The summed E-state index contributed by atoms with van der Waals surface area (Å²) in [5, 5.41) is 0. The molecule has 0 aliphatic carbocycles. The molecule has 3 rings (SSSR count). The molecule has 1 aliphatic heterocycles. The fourth-order valence-electron chi connectivity index (χ4n) is 3.02. The first-order chi connectivity index (χ1) is 12.8. The molecule has 2 heterocycles. The summed E-state index contributed by atoms with van der Waals surface area (Å²) in [4.78, 5) is 15.0. The third-order valence-electron chi connectivity index (χ3n) is 4.43. The van der Waals surface area contributed by atoms with Gasteiger partial charge >= 0.3 is 12.1 Å². The fourth-order valence-corrected chi connectivity index (χ4v) is 3.02. The van der Waals surface area contributed by atoms with Crippen molar-refractivity contribution in [3.8, 4) is 0 Å². The lowest BCUT2D eigenvalue weighted by atomic mass is 10.1. The summed E-state index contributed by atoms with van der Waals surface area (Å²) in [5.41, 5.74) is -0.0375. The molecule has 27 heavy (non-hydrogen) atoms. The minimum absolute atomic E-state index is 0.110. The van der Waals surface area contributed by atoms with Crippen LogP contribution in [0.1, 0.15) is 24.0 Å². The zero-order valence-electron chi connectivity index (χ0n) is 15.0. The number of halogens is 3. The second kappa shape index (κ2) is 8.04. The number of benzene rings is 1. The van der Waals surface area contributed by atoms with Crippen molar-refractivity contribution in [2.24, 2.45) is 0 Å². The van der Waals surface area contributed by atoms with Crippen LogP contribution in [0.4, 0.5) is 18.9 Å². The summed E-state index contributed by atoms with van der Waals surface area (Å²) in [6.07, 6.45) is -4.33. The van der Waals surface area contributed by atoms with Gasteiger partial charge in [0.1, 0.15) is 18.1 Å². The van der Waals surface area contributed by atoms with Gasteiger partial charge in [-0.15, -0.1) is 0 Å². The van der Waals surface area contributed by atoms with Crippen LogP contribution in [0.25, 0.3) is 0 Å². The smallest absolute Gasteiger partial charge is 0.416 e. The van der Waals surface area contributed by atoms with E-state index in [4.69, 9.17) is 9.15 Å². The Morgan fingerprint density at radius 2 is 1.81 bits per heavy atom. The van der Waals surface area contributed by atoms with Gasteiger partial charge in [-0.05, 0) is 30.3 Å². The van der Waals surface area contributed by atoms with Crippen LogP contribution in [0.15, 0.2) is 40.8 Å². The first-order valence-electron chi connectivity index (χ1n) is 8.67. The van der Waals surface area contributed by atoms with Crippen molar-refractivity contribution in [2.45, 2.75) is 26.3 Å². The summed E-state index contributed by atoms with van der Waals surface area (Å²) >= 11 is 0. The zero-order chi connectivity index (χ0) is 19.4. The van der Waals surface area contributed by atoms with E-state index in [0.29, 0.717) is 31.1 Å². The topological polar surface area (TPSA) is 45.9 Å². The predicted octanol–water partition coefficient (Wildman–Crippen LogP) is 3.68. The monoisotopic (exact) mass is 382 g/mol. The first kappa shape index (κ1) is 19.3. The van der Waals surface area contributed by atoms with E-state index >= 15 is 0 Å². The lowest BCUT2D eigenvalue weighted by Gasteiger charge is -2.35.